The quantitative estimate of drug-likeness (QED) is 0.302. The number of halogens is 2. The second-order valence-electron chi connectivity index (χ2n) is 12.7. The molecule has 2 aliphatic heterocycles. The van der Waals surface area contributed by atoms with Crippen molar-refractivity contribution in [1.29, 1.82) is 5.26 Å². The third-order valence-corrected chi connectivity index (χ3v) is 9.35. The summed E-state index contributed by atoms with van der Waals surface area (Å²) in [6, 6.07) is 8.41. The number of alkyl halides is 2. The van der Waals surface area contributed by atoms with Gasteiger partial charge in [0, 0.05) is 74.6 Å². The number of aromatic nitrogens is 3. The Kier molecular flexibility index (Phi) is 9.04. The third kappa shape index (κ3) is 6.60. The Balaban J connectivity index is 1.26. The van der Waals surface area contributed by atoms with Crippen LogP contribution in [0.4, 0.5) is 20.3 Å². The van der Waals surface area contributed by atoms with Crippen LogP contribution in [0.5, 0.6) is 6.01 Å². The normalized spacial score (nSPS) is 19.5. The Morgan fingerprint density at radius 3 is 2.80 bits per heavy atom. The summed E-state index contributed by atoms with van der Waals surface area (Å²) >= 11 is 0. The van der Waals surface area contributed by atoms with Crippen molar-refractivity contribution in [3.8, 4) is 12.1 Å². The number of fused-ring (bicyclic) bond motifs is 2. The molecule has 4 heterocycles. The first-order valence-corrected chi connectivity index (χ1v) is 15.9. The molecular weight excluding hydrogens is 590 g/mol. The van der Waals surface area contributed by atoms with Gasteiger partial charge in [-0.15, -0.1) is 0 Å². The van der Waals surface area contributed by atoms with Crippen LogP contribution in [0.15, 0.2) is 43.2 Å². The Hall–Kier alpha value is -4.37. The van der Waals surface area contributed by atoms with Crippen LogP contribution in [0, 0.1) is 24.2 Å². The number of carbonyl (C=O) groups excluding carboxylic acids is 1. The molecule has 3 aromatic rings. The van der Waals surface area contributed by atoms with Crippen LogP contribution in [0.2, 0.25) is 0 Å². The standard InChI is InChI=1S/C34H40F2N8O2/c1-4-30(45)44-13-12-43(21-26(44)8-10-37)32-27-9-11-42(29-19-38-18-25-7-5-6-23(2)31(25)29)22-28(27)39-33(40-32)46-15-14-41(3)20-24-16-34(35,36)17-24/h4-7,18-19,24,26H,1,8-9,11-17,20-22H2,2-3H3/t26-/m0/s1. The van der Waals surface area contributed by atoms with Gasteiger partial charge in [0.2, 0.25) is 11.8 Å². The van der Waals surface area contributed by atoms with E-state index in [1.54, 1.807) is 4.90 Å². The second kappa shape index (κ2) is 13.2. The van der Waals surface area contributed by atoms with E-state index in [2.05, 4.69) is 46.5 Å². The Morgan fingerprint density at radius 2 is 2.04 bits per heavy atom. The van der Waals surface area contributed by atoms with Crippen molar-refractivity contribution in [3.63, 3.8) is 0 Å². The molecule has 1 aromatic carbocycles. The molecule has 1 saturated carbocycles. The van der Waals surface area contributed by atoms with Crippen LogP contribution in [0.3, 0.4) is 0 Å². The number of likely N-dealkylation sites (N-methyl/N-ethyl adjacent to an activating group) is 1. The Bertz CT molecular complexity index is 1650. The molecule has 0 bridgehead atoms. The Labute approximate surface area is 268 Å². The second-order valence-corrected chi connectivity index (χ2v) is 12.7. The molecule has 0 unspecified atom stereocenters. The van der Waals surface area contributed by atoms with Gasteiger partial charge in [-0.1, -0.05) is 24.8 Å². The number of carbonyl (C=O) groups is 1. The van der Waals surface area contributed by atoms with Crippen molar-refractivity contribution in [2.75, 3.05) is 62.7 Å². The van der Waals surface area contributed by atoms with Crippen LogP contribution in [-0.2, 0) is 17.8 Å². The molecule has 2 fully saturated rings. The number of nitrogens with zero attached hydrogens (tertiary/aromatic N) is 8. The lowest BCUT2D eigenvalue weighted by molar-refractivity contribution is -0.128. The predicted octanol–water partition coefficient (Wildman–Crippen LogP) is 4.37. The number of hydrogen-bond acceptors (Lipinski definition) is 9. The van der Waals surface area contributed by atoms with Crippen LogP contribution in [0.25, 0.3) is 10.8 Å². The molecule has 1 aliphatic carbocycles. The molecule has 1 saturated heterocycles. The molecule has 12 heteroatoms. The zero-order valence-electron chi connectivity index (χ0n) is 26.5. The largest absolute Gasteiger partial charge is 0.462 e. The lowest BCUT2D eigenvalue weighted by atomic mass is 9.81. The summed E-state index contributed by atoms with van der Waals surface area (Å²) in [6.45, 7) is 9.96. The van der Waals surface area contributed by atoms with Crippen LogP contribution in [-0.4, -0.2) is 95.5 Å². The van der Waals surface area contributed by atoms with Crippen LogP contribution >= 0.6 is 0 Å². The highest BCUT2D eigenvalue weighted by molar-refractivity contribution is 5.96. The van der Waals surface area contributed by atoms with Gasteiger partial charge in [-0.25, -0.2) is 8.78 Å². The van der Waals surface area contributed by atoms with Crippen molar-refractivity contribution in [2.24, 2.45) is 5.92 Å². The molecule has 1 atom stereocenters. The highest BCUT2D eigenvalue weighted by atomic mass is 19.3. The maximum absolute atomic E-state index is 13.3. The van der Waals surface area contributed by atoms with Gasteiger partial charge < -0.3 is 24.3 Å². The average Bonchev–Trinajstić information content (AvgIpc) is 3.03. The first-order chi connectivity index (χ1) is 22.2. The van der Waals surface area contributed by atoms with Crippen molar-refractivity contribution < 1.29 is 18.3 Å². The minimum absolute atomic E-state index is 0.00207. The van der Waals surface area contributed by atoms with Gasteiger partial charge >= 0.3 is 6.01 Å². The number of amides is 1. The van der Waals surface area contributed by atoms with Gasteiger partial charge in [-0.3, -0.25) is 9.78 Å². The maximum atomic E-state index is 13.3. The molecule has 2 aromatic heterocycles. The lowest BCUT2D eigenvalue weighted by Crippen LogP contribution is -2.55. The zero-order chi connectivity index (χ0) is 32.4. The van der Waals surface area contributed by atoms with Gasteiger partial charge in [0.25, 0.3) is 0 Å². The van der Waals surface area contributed by atoms with Crippen LogP contribution < -0.4 is 14.5 Å². The molecule has 3 aliphatic rings. The lowest BCUT2D eigenvalue weighted by Gasteiger charge is -2.42. The van der Waals surface area contributed by atoms with E-state index in [-0.39, 0.29) is 43.1 Å². The van der Waals surface area contributed by atoms with Gasteiger partial charge in [0.1, 0.15) is 12.4 Å². The van der Waals surface area contributed by atoms with Gasteiger partial charge in [0.05, 0.1) is 42.7 Å². The van der Waals surface area contributed by atoms with Crippen molar-refractivity contribution in [2.45, 2.75) is 51.1 Å². The van der Waals surface area contributed by atoms with Crippen molar-refractivity contribution in [3.05, 3.63) is 60.1 Å². The third-order valence-electron chi connectivity index (χ3n) is 9.35. The zero-order valence-corrected chi connectivity index (χ0v) is 26.5. The first-order valence-electron chi connectivity index (χ1n) is 15.9. The van der Waals surface area contributed by atoms with E-state index in [1.165, 1.54) is 17.0 Å². The fourth-order valence-electron chi connectivity index (χ4n) is 7.03. The monoisotopic (exact) mass is 630 g/mol. The van der Waals surface area contributed by atoms with Crippen molar-refractivity contribution >= 4 is 28.2 Å². The van der Waals surface area contributed by atoms with E-state index in [0.717, 1.165) is 34.7 Å². The van der Waals surface area contributed by atoms with E-state index in [9.17, 15) is 18.8 Å². The molecule has 1 amide bonds. The number of nitriles is 1. The minimum Gasteiger partial charge on any atom is -0.462 e. The van der Waals surface area contributed by atoms with Gasteiger partial charge in [0.15, 0.2) is 0 Å². The SMILES string of the molecule is C=CC(=O)N1CCN(c2nc(OCCN(C)CC3CC(F)(F)C3)nc3c2CCN(c2cncc4cccc(C)c24)C3)C[C@@H]1CC#N. The summed E-state index contributed by atoms with van der Waals surface area (Å²) in [5.41, 5.74) is 4.13. The number of ether oxygens (including phenoxy) is 1. The Morgan fingerprint density at radius 1 is 1.22 bits per heavy atom. The number of anilines is 2. The number of rotatable bonds is 10. The van der Waals surface area contributed by atoms with E-state index in [1.807, 2.05) is 30.4 Å². The smallest absolute Gasteiger partial charge is 0.318 e. The predicted molar refractivity (Wildman–Crippen MR) is 172 cm³/mol. The van der Waals surface area contributed by atoms with E-state index in [0.29, 0.717) is 52.3 Å². The molecule has 0 N–H and O–H groups in total. The average molecular weight is 631 g/mol. The van der Waals surface area contributed by atoms with E-state index >= 15 is 0 Å². The first kappa shape index (κ1) is 31.6. The molecule has 46 heavy (non-hydrogen) atoms. The summed E-state index contributed by atoms with van der Waals surface area (Å²) in [4.78, 5) is 35.0. The number of hydrogen-bond donors (Lipinski definition) is 0. The summed E-state index contributed by atoms with van der Waals surface area (Å²) in [5.74, 6) is -1.94. The summed E-state index contributed by atoms with van der Waals surface area (Å²) in [7, 11) is 1.91. The number of piperazine rings is 1. The summed E-state index contributed by atoms with van der Waals surface area (Å²) < 4.78 is 32.7. The van der Waals surface area contributed by atoms with Crippen LogP contribution in [0.1, 0.15) is 36.1 Å². The van der Waals surface area contributed by atoms with E-state index in [4.69, 9.17) is 14.7 Å². The maximum Gasteiger partial charge on any atom is 0.318 e. The molecule has 242 valence electrons. The summed E-state index contributed by atoms with van der Waals surface area (Å²) in [6.07, 6.45) is 5.88. The summed E-state index contributed by atoms with van der Waals surface area (Å²) in [5, 5.41) is 11.8. The fraction of sp³-hybridized carbons (Fsp3) is 0.500. The van der Waals surface area contributed by atoms with Gasteiger partial charge in [-0.2, -0.15) is 15.2 Å². The number of aryl methyl sites for hydroxylation is 1. The fourth-order valence-corrected chi connectivity index (χ4v) is 7.03. The van der Waals surface area contributed by atoms with Crippen molar-refractivity contribution in [1.82, 2.24) is 24.8 Å². The molecular formula is C34H40F2N8O2. The molecule has 6 rings (SSSR count). The van der Waals surface area contributed by atoms with Gasteiger partial charge in [-0.05, 0) is 37.9 Å². The molecule has 10 nitrogen and oxygen atoms in total. The molecule has 0 spiro atoms. The molecule has 0 radical (unpaired) electrons. The number of pyridine rings is 1. The topological polar surface area (TPSA) is 102 Å². The minimum atomic E-state index is -2.53. The highest BCUT2D eigenvalue weighted by Crippen LogP contribution is 2.42. The number of benzene rings is 1. The van der Waals surface area contributed by atoms with E-state index < -0.39 is 5.92 Å². The highest BCUT2D eigenvalue weighted by Gasteiger charge is 2.45.